The van der Waals surface area contributed by atoms with Gasteiger partial charge in [-0.1, -0.05) is 22.9 Å². The van der Waals surface area contributed by atoms with E-state index in [2.05, 4.69) is 15.6 Å². The summed E-state index contributed by atoms with van der Waals surface area (Å²) < 4.78 is 6.08. The molecule has 2 saturated heterocycles. The van der Waals surface area contributed by atoms with Crippen LogP contribution >= 0.6 is 22.9 Å². The third kappa shape index (κ3) is 3.20. The summed E-state index contributed by atoms with van der Waals surface area (Å²) in [5, 5.41) is 7.28. The largest absolute Gasteiger partial charge is 0.445 e. The average Bonchev–Trinajstić information content (AvgIpc) is 3.25. The predicted octanol–water partition coefficient (Wildman–Crippen LogP) is 3.21. The van der Waals surface area contributed by atoms with E-state index in [1.807, 2.05) is 0 Å². The Kier molecular flexibility index (Phi) is 3.97. The third-order valence-corrected chi connectivity index (χ3v) is 5.40. The molecule has 1 aromatic heterocycles. The quantitative estimate of drug-likeness (QED) is 0.889. The van der Waals surface area contributed by atoms with Gasteiger partial charge in [0.2, 0.25) is 5.06 Å². The minimum absolute atomic E-state index is 0.0308. The summed E-state index contributed by atoms with van der Waals surface area (Å²) in [4.78, 5) is 16.3. The Labute approximate surface area is 143 Å². The summed E-state index contributed by atoms with van der Waals surface area (Å²) in [7, 11) is 0. The molecule has 0 unspecified atom stereocenters. The van der Waals surface area contributed by atoms with E-state index < -0.39 is 0 Å². The number of amides is 1. The number of nitrogens with one attached hydrogen (secondary N) is 2. The zero-order chi connectivity index (χ0) is 15.8. The van der Waals surface area contributed by atoms with Crippen molar-refractivity contribution in [2.24, 2.45) is 0 Å². The van der Waals surface area contributed by atoms with E-state index in [0.717, 1.165) is 12.8 Å². The Bertz CT molecular complexity index is 718. The molecular weight excluding hydrogens is 334 g/mol. The number of ether oxygens (including phenoxy) is 1. The molecule has 2 fully saturated rings. The van der Waals surface area contributed by atoms with Gasteiger partial charge < -0.3 is 15.4 Å². The molecule has 2 aliphatic heterocycles. The van der Waals surface area contributed by atoms with Crippen molar-refractivity contribution in [3.63, 3.8) is 0 Å². The van der Waals surface area contributed by atoms with E-state index in [4.69, 9.17) is 16.3 Å². The number of nitrogens with zero attached hydrogens (tertiary/aromatic N) is 1. The Morgan fingerprint density at radius 3 is 2.78 bits per heavy atom. The van der Waals surface area contributed by atoms with Gasteiger partial charge in [0.05, 0.1) is 6.20 Å². The molecule has 5 nitrogen and oxygen atoms in total. The van der Waals surface area contributed by atoms with Crippen LogP contribution in [0.3, 0.4) is 0 Å². The van der Waals surface area contributed by atoms with Gasteiger partial charge in [-0.15, -0.1) is 0 Å². The first-order valence-electron chi connectivity index (χ1n) is 7.63. The topological polar surface area (TPSA) is 63.2 Å². The van der Waals surface area contributed by atoms with Gasteiger partial charge in [0.25, 0.3) is 5.91 Å². The first-order chi connectivity index (χ1) is 11.2. The number of rotatable bonds is 4. The summed E-state index contributed by atoms with van der Waals surface area (Å²) in [5.74, 6) is 0.625. The SMILES string of the molecule is O=C(N[C@@H]1C[C@H]2CC[C@@H]1N2)c1ccc(Oc2cnc(Cl)s2)cc1. The highest BCUT2D eigenvalue weighted by Gasteiger charge is 2.39. The van der Waals surface area contributed by atoms with Gasteiger partial charge >= 0.3 is 0 Å². The molecule has 0 saturated carbocycles. The lowest BCUT2D eigenvalue weighted by Gasteiger charge is -2.21. The van der Waals surface area contributed by atoms with Crippen LogP contribution in [0.2, 0.25) is 4.47 Å². The van der Waals surface area contributed by atoms with Crippen molar-refractivity contribution >= 4 is 28.8 Å². The fourth-order valence-electron chi connectivity index (χ4n) is 3.31. The summed E-state index contributed by atoms with van der Waals surface area (Å²) in [6.07, 6.45) is 4.99. The molecule has 0 spiro atoms. The number of hydrogen-bond donors (Lipinski definition) is 2. The standard InChI is InChI=1S/C16H16ClN3O2S/c17-16-18-8-14(23-16)22-11-4-1-9(2-5-11)15(21)20-13-7-10-3-6-12(13)19-10/h1-2,4-5,8,10,12-13,19H,3,6-7H2,(H,20,21)/t10-,12+,13-/m1/s1. The molecule has 0 aliphatic carbocycles. The van der Waals surface area contributed by atoms with Crippen LogP contribution in [0.15, 0.2) is 30.5 Å². The molecule has 3 heterocycles. The van der Waals surface area contributed by atoms with Crippen molar-refractivity contribution in [3.05, 3.63) is 40.5 Å². The number of hydrogen-bond acceptors (Lipinski definition) is 5. The Balaban J connectivity index is 1.38. The van der Waals surface area contributed by atoms with E-state index >= 15 is 0 Å². The summed E-state index contributed by atoms with van der Waals surface area (Å²) in [5.41, 5.74) is 0.641. The highest BCUT2D eigenvalue weighted by Crippen LogP contribution is 2.30. The van der Waals surface area contributed by atoms with Crippen molar-refractivity contribution < 1.29 is 9.53 Å². The number of carbonyl (C=O) groups is 1. The molecule has 0 radical (unpaired) electrons. The van der Waals surface area contributed by atoms with Crippen molar-refractivity contribution in [3.8, 4) is 10.8 Å². The van der Waals surface area contributed by atoms with Crippen LogP contribution in [-0.2, 0) is 0 Å². The van der Waals surface area contributed by atoms with E-state index in [1.165, 1.54) is 17.8 Å². The number of fused-ring (bicyclic) bond motifs is 2. The van der Waals surface area contributed by atoms with Crippen molar-refractivity contribution in [2.45, 2.75) is 37.4 Å². The first kappa shape index (κ1) is 14.9. The fraction of sp³-hybridized carbons (Fsp3) is 0.375. The Morgan fingerprint density at radius 2 is 2.17 bits per heavy atom. The Hall–Kier alpha value is -1.63. The molecular formula is C16H16ClN3O2S. The monoisotopic (exact) mass is 349 g/mol. The van der Waals surface area contributed by atoms with Crippen molar-refractivity contribution in [1.82, 2.24) is 15.6 Å². The molecule has 3 atom stereocenters. The minimum Gasteiger partial charge on any atom is -0.445 e. The lowest BCUT2D eigenvalue weighted by atomic mass is 9.95. The molecule has 7 heteroatoms. The normalized spacial score (nSPS) is 25.5. The lowest BCUT2D eigenvalue weighted by Crippen LogP contribution is -2.42. The lowest BCUT2D eigenvalue weighted by molar-refractivity contribution is 0.0931. The van der Waals surface area contributed by atoms with E-state index in [1.54, 1.807) is 30.5 Å². The van der Waals surface area contributed by atoms with Gasteiger partial charge in [0.15, 0.2) is 4.47 Å². The summed E-state index contributed by atoms with van der Waals surface area (Å²) in [6, 6.07) is 8.36. The van der Waals surface area contributed by atoms with Gasteiger partial charge in [0.1, 0.15) is 5.75 Å². The second-order valence-electron chi connectivity index (χ2n) is 5.92. The molecule has 2 bridgehead atoms. The van der Waals surface area contributed by atoms with Gasteiger partial charge in [0, 0.05) is 23.7 Å². The van der Waals surface area contributed by atoms with Crippen molar-refractivity contribution in [2.75, 3.05) is 0 Å². The predicted molar refractivity (Wildman–Crippen MR) is 89.5 cm³/mol. The van der Waals surface area contributed by atoms with Crippen LogP contribution in [0.1, 0.15) is 29.6 Å². The molecule has 1 amide bonds. The van der Waals surface area contributed by atoms with Crippen LogP contribution in [-0.4, -0.2) is 29.0 Å². The molecule has 120 valence electrons. The Morgan fingerprint density at radius 1 is 1.35 bits per heavy atom. The highest BCUT2D eigenvalue weighted by molar-refractivity contribution is 7.17. The molecule has 2 N–H and O–H groups in total. The minimum atomic E-state index is -0.0308. The van der Waals surface area contributed by atoms with Crippen LogP contribution in [0.4, 0.5) is 0 Å². The van der Waals surface area contributed by atoms with Crippen LogP contribution in [0.5, 0.6) is 10.8 Å². The zero-order valence-corrected chi connectivity index (χ0v) is 13.9. The summed E-state index contributed by atoms with van der Waals surface area (Å²) >= 11 is 7.04. The number of thiazole rings is 1. The maximum atomic E-state index is 12.3. The van der Waals surface area contributed by atoms with E-state index in [9.17, 15) is 4.79 Å². The molecule has 23 heavy (non-hydrogen) atoms. The molecule has 4 rings (SSSR count). The van der Waals surface area contributed by atoms with Crippen LogP contribution in [0.25, 0.3) is 0 Å². The number of aromatic nitrogens is 1. The van der Waals surface area contributed by atoms with E-state index in [0.29, 0.717) is 32.9 Å². The maximum Gasteiger partial charge on any atom is 0.251 e. The molecule has 2 aromatic rings. The zero-order valence-electron chi connectivity index (χ0n) is 12.3. The second-order valence-corrected chi connectivity index (χ2v) is 7.50. The van der Waals surface area contributed by atoms with E-state index in [-0.39, 0.29) is 11.9 Å². The highest BCUT2D eigenvalue weighted by atomic mass is 35.5. The van der Waals surface area contributed by atoms with Crippen LogP contribution in [0, 0.1) is 0 Å². The number of carbonyl (C=O) groups excluding carboxylic acids is 1. The molecule has 1 aromatic carbocycles. The van der Waals surface area contributed by atoms with Gasteiger partial charge in [-0.05, 0) is 43.5 Å². The van der Waals surface area contributed by atoms with Gasteiger partial charge in [-0.3, -0.25) is 4.79 Å². The number of halogens is 1. The van der Waals surface area contributed by atoms with Gasteiger partial charge in [-0.25, -0.2) is 4.98 Å². The molecule has 2 aliphatic rings. The first-order valence-corrected chi connectivity index (χ1v) is 8.83. The van der Waals surface area contributed by atoms with Gasteiger partial charge in [-0.2, -0.15) is 0 Å². The third-order valence-electron chi connectivity index (χ3n) is 4.41. The average molecular weight is 350 g/mol. The second kappa shape index (κ2) is 6.11. The number of benzene rings is 1. The fourth-order valence-corrected chi connectivity index (χ4v) is 4.10. The smallest absolute Gasteiger partial charge is 0.251 e. The maximum absolute atomic E-state index is 12.3. The van der Waals surface area contributed by atoms with Crippen LogP contribution < -0.4 is 15.4 Å². The van der Waals surface area contributed by atoms with Crippen molar-refractivity contribution in [1.29, 1.82) is 0 Å². The summed E-state index contributed by atoms with van der Waals surface area (Å²) in [6.45, 7) is 0.